The monoisotopic (exact) mass is 392 g/mol. The average molecular weight is 393 g/mol. The molecule has 1 N–H and O–H groups in total. The molecule has 0 radical (unpaired) electrons. The fourth-order valence-electron chi connectivity index (χ4n) is 2.72. The van der Waals surface area contributed by atoms with E-state index in [9.17, 15) is 4.79 Å². The third-order valence-corrected chi connectivity index (χ3v) is 4.61. The second kappa shape index (κ2) is 7.93. The van der Waals surface area contributed by atoms with Crippen molar-refractivity contribution in [2.24, 2.45) is 7.05 Å². The Morgan fingerprint density at radius 2 is 2.04 bits per heavy atom. The largest absolute Gasteiger partial charge is 0.360 e. The number of aromatic nitrogens is 3. The van der Waals surface area contributed by atoms with Gasteiger partial charge in [0.25, 0.3) is 5.91 Å². The first-order chi connectivity index (χ1) is 12.5. The molecular weight excluding hydrogens is 375 g/mol. The highest BCUT2D eigenvalue weighted by molar-refractivity contribution is 6.39. The van der Waals surface area contributed by atoms with Crippen LogP contribution in [-0.2, 0) is 13.5 Å². The van der Waals surface area contributed by atoms with E-state index in [0.717, 1.165) is 18.4 Å². The molecule has 26 heavy (non-hydrogen) atoms. The minimum Gasteiger partial charge on any atom is -0.360 e. The zero-order valence-corrected chi connectivity index (χ0v) is 15.9. The molecule has 0 saturated carbocycles. The Hall–Kier alpha value is -2.31. The zero-order valence-electron chi connectivity index (χ0n) is 14.4. The average Bonchev–Trinajstić information content (AvgIpc) is 3.17. The lowest BCUT2D eigenvalue weighted by Gasteiger charge is -2.07. The summed E-state index contributed by atoms with van der Waals surface area (Å²) in [5.41, 5.74) is 2.32. The smallest absolute Gasteiger partial charge is 0.257 e. The van der Waals surface area contributed by atoms with Crippen LogP contribution in [0.4, 0.5) is 0 Å². The first kappa shape index (κ1) is 18.5. The van der Waals surface area contributed by atoms with Crippen molar-refractivity contribution in [1.82, 2.24) is 20.3 Å². The maximum Gasteiger partial charge on any atom is 0.257 e. The molecule has 0 fully saturated rings. The second-order valence-corrected chi connectivity index (χ2v) is 6.76. The van der Waals surface area contributed by atoms with Crippen LogP contribution in [0.5, 0.6) is 0 Å². The van der Waals surface area contributed by atoms with Gasteiger partial charge in [-0.2, -0.15) is 5.10 Å². The summed E-state index contributed by atoms with van der Waals surface area (Å²) < 4.78 is 6.98. The number of nitrogens with one attached hydrogen (secondary N) is 1. The molecule has 0 saturated heterocycles. The number of rotatable bonds is 6. The van der Waals surface area contributed by atoms with E-state index in [4.69, 9.17) is 27.7 Å². The molecule has 136 valence electrons. The Bertz CT molecular complexity index is 913. The van der Waals surface area contributed by atoms with E-state index < -0.39 is 0 Å². The molecule has 0 atom stereocenters. The van der Waals surface area contributed by atoms with Crippen molar-refractivity contribution >= 4 is 29.1 Å². The molecule has 2 heterocycles. The number of halogens is 2. The van der Waals surface area contributed by atoms with Crippen molar-refractivity contribution in [2.45, 2.75) is 19.8 Å². The van der Waals surface area contributed by atoms with E-state index in [0.29, 0.717) is 39.2 Å². The Morgan fingerprint density at radius 3 is 2.69 bits per heavy atom. The van der Waals surface area contributed by atoms with E-state index in [1.807, 2.05) is 19.4 Å². The van der Waals surface area contributed by atoms with Gasteiger partial charge in [0.1, 0.15) is 17.0 Å². The predicted molar refractivity (Wildman–Crippen MR) is 101 cm³/mol. The van der Waals surface area contributed by atoms with E-state index >= 15 is 0 Å². The lowest BCUT2D eigenvalue weighted by molar-refractivity contribution is 0.0952. The molecule has 0 aliphatic carbocycles. The molecule has 0 unspecified atom stereocenters. The van der Waals surface area contributed by atoms with Crippen LogP contribution in [0.15, 0.2) is 35.1 Å². The van der Waals surface area contributed by atoms with Crippen molar-refractivity contribution in [3.63, 3.8) is 0 Å². The number of hydrogen-bond donors (Lipinski definition) is 1. The van der Waals surface area contributed by atoms with Gasteiger partial charge in [-0.15, -0.1) is 0 Å². The predicted octanol–water partition coefficient (Wildman–Crippen LogP) is 4.05. The fraction of sp³-hybridized carbons (Fsp3) is 0.278. The van der Waals surface area contributed by atoms with Gasteiger partial charge in [0.2, 0.25) is 0 Å². The normalized spacial score (nSPS) is 10.9. The molecule has 8 heteroatoms. The lowest BCUT2D eigenvalue weighted by atomic mass is 10.1. The molecule has 0 spiro atoms. The number of hydrogen-bond acceptors (Lipinski definition) is 4. The van der Waals surface area contributed by atoms with E-state index in [-0.39, 0.29) is 5.91 Å². The van der Waals surface area contributed by atoms with Crippen LogP contribution >= 0.6 is 23.2 Å². The molecule has 2 aromatic heterocycles. The highest BCUT2D eigenvalue weighted by Gasteiger charge is 2.24. The molecule has 6 nitrogen and oxygen atoms in total. The molecular formula is C18H18Cl2N4O2. The topological polar surface area (TPSA) is 73.0 Å². The first-order valence-electron chi connectivity index (χ1n) is 8.13. The van der Waals surface area contributed by atoms with Crippen molar-refractivity contribution in [1.29, 1.82) is 0 Å². The van der Waals surface area contributed by atoms with E-state index in [2.05, 4.69) is 15.6 Å². The molecule has 1 amide bonds. The highest BCUT2D eigenvalue weighted by Crippen LogP contribution is 2.36. The van der Waals surface area contributed by atoms with Crippen molar-refractivity contribution in [3.05, 3.63) is 57.5 Å². The SMILES string of the molecule is Cc1onc(-c2c(Cl)cccc2Cl)c1C(=O)NCCCc1cnn(C)c1. The first-order valence-corrected chi connectivity index (χ1v) is 8.89. The van der Waals surface area contributed by atoms with Crippen LogP contribution in [0.3, 0.4) is 0 Å². The summed E-state index contributed by atoms with van der Waals surface area (Å²) in [6.07, 6.45) is 5.41. The number of carbonyl (C=O) groups excluding carboxylic acids is 1. The Kier molecular flexibility index (Phi) is 5.64. The maximum absolute atomic E-state index is 12.6. The van der Waals surface area contributed by atoms with Gasteiger partial charge in [-0.1, -0.05) is 34.4 Å². The molecule has 3 aromatic rings. The molecule has 3 rings (SSSR count). The van der Waals surface area contributed by atoms with Crippen molar-refractivity contribution < 1.29 is 9.32 Å². The Labute approximate surface area is 161 Å². The van der Waals surface area contributed by atoms with E-state index in [1.165, 1.54) is 0 Å². The summed E-state index contributed by atoms with van der Waals surface area (Å²) >= 11 is 12.5. The second-order valence-electron chi connectivity index (χ2n) is 5.94. The van der Waals surface area contributed by atoms with Gasteiger partial charge in [-0.3, -0.25) is 9.48 Å². The minimum absolute atomic E-state index is 0.263. The number of amides is 1. The van der Waals surface area contributed by atoms with Crippen LogP contribution < -0.4 is 5.32 Å². The van der Waals surface area contributed by atoms with Crippen LogP contribution in [0.25, 0.3) is 11.3 Å². The zero-order chi connectivity index (χ0) is 18.7. The van der Waals surface area contributed by atoms with Crippen LogP contribution in [-0.4, -0.2) is 27.4 Å². The molecule has 1 aromatic carbocycles. The Morgan fingerprint density at radius 1 is 1.31 bits per heavy atom. The molecule has 0 bridgehead atoms. The van der Waals surface area contributed by atoms with Gasteiger partial charge in [0, 0.05) is 25.4 Å². The maximum atomic E-state index is 12.6. The molecule has 0 aliphatic heterocycles. The standard InChI is InChI=1S/C18H18Cl2N4O2/c1-11-15(17(23-26-11)16-13(19)6-3-7-14(16)20)18(25)21-8-4-5-12-9-22-24(2)10-12/h3,6-7,9-10H,4-5,8H2,1-2H3,(H,21,25). The summed E-state index contributed by atoms with van der Waals surface area (Å²) in [5.74, 6) is 0.154. The summed E-state index contributed by atoms with van der Waals surface area (Å²) in [6.45, 7) is 2.21. The van der Waals surface area contributed by atoms with Crippen molar-refractivity contribution in [2.75, 3.05) is 6.54 Å². The summed E-state index contributed by atoms with van der Waals surface area (Å²) in [6, 6.07) is 5.13. The van der Waals surface area contributed by atoms with Crippen molar-refractivity contribution in [3.8, 4) is 11.3 Å². The number of aryl methyl sites for hydroxylation is 3. The Balaban J connectivity index is 1.71. The van der Waals surface area contributed by atoms with Crippen LogP contribution in [0.1, 0.15) is 28.1 Å². The van der Waals surface area contributed by atoms with Gasteiger partial charge >= 0.3 is 0 Å². The number of benzene rings is 1. The van der Waals surface area contributed by atoms with E-state index in [1.54, 1.807) is 29.8 Å². The third-order valence-electron chi connectivity index (χ3n) is 3.98. The summed E-state index contributed by atoms with van der Waals surface area (Å²) in [5, 5.41) is 11.8. The quantitative estimate of drug-likeness (QED) is 0.642. The van der Waals surface area contributed by atoms with Gasteiger partial charge in [-0.05, 0) is 37.5 Å². The van der Waals surface area contributed by atoms with Gasteiger partial charge in [0.15, 0.2) is 0 Å². The minimum atomic E-state index is -0.263. The van der Waals surface area contributed by atoms with Gasteiger partial charge in [0.05, 0.1) is 16.2 Å². The summed E-state index contributed by atoms with van der Waals surface area (Å²) in [4.78, 5) is 12.6. The van der Waals surface area contributed by atoms with Gasteiger partial charge < -0.3 is 9.84 Å². The highest BCUT2D eigenvalue weighted by atomic mass is 35.5. The number of nitrogens with zero attached hydrogens (tertiary/aromatic N) is 3. The molecule has 0 aliphatic rings. The van der Waals surface area contributed by atoms with Crippen LogP contribution in [0, 0.1) is 6.92 Å². The third kappa shape index (κ3) is 3.92. The lowest BCUT2D eigenvalue weighted by Crippen LogP contribution is -2.25. The summed E-state index contributed by atoms with van der Waals surface area (Å²) in [7, 11) is 1.88. The fourth-order valence-corrected chi connectivity index (χ4v) is 3.29. The van der Waals surface area contributed by atoms with Gasteiger partial charge in [-0.25, -0.2) is 0 Å². The van der Waals surface area contributed by atoms with Crippen LogP contribution in [0.2, 0.25) is 10.0 Å². The number of carbonyl (C=O) groups is 1.